The van der Waals surface area contributed by atoms with Crippen LogP contribution in [0.3, 0.4) is 0 Å². The maximum absolute atomic E-state index is 11.9. The molecule has 2 atom stereocenters. The van der Waals surface area contributed by atoms with Crippen molar-refractivity contribution in [2.75, 3.05) is 20.6 Å². The van der Waals surface area contributed by atoms with Crippen molar-refractivity contribution in [3.05, 3.63) is 0 Å². The van der Waals surface area contributed by atoms with Crippen LogP contribution in [-0.4, -0.2) is 48.6 Å². The highest BCUT2D eigenvalue weighted by molar-refractivity contribution is 5.74. The van der Waals surface area contributed by atoms with E-state index in [9.17, 15) is 4.79 Å². The number of piperidine rings is 1. The Morgan fingerprint density at radius 1 is 1.50 bits per heavy atom. The average molecular weight is 199 g/mol. The number of hydrogen-bond donors (Lipinski definition) is 1. The van der Waals surface area contributed by atoms with Gasteiger partial charge in [-0.3, -0.25) is 0 Å². The molecule has 0 radical (unpaired) electrons. The summed E-state index contributed by atoms with van der Waals surface area (Å²) in [5, 5.41) is 0. The number of likely N-dealkylation sites (tertiary alicyclic amines) is 1. The summed E-state index contributed by atoms with van der Waals surface area (Å²) in [4.78, 5) is 15.4. The zero-order valence-electron chi connectivity index (χ0n) is 9.36. The molecule has 2 amide bonds. The second-order valence-electron chi connectivity index (χ2n) is 4.25. The van der Waals surface area contributed by atoms with Gasteiger partial charge in [0, 0.05) is 32.7 Å². The number of nitrogens with zero attached hydrogens (tertiary/aromatic N) is 2. The monoisotopic (exact) mass is 199 g/mol. The highest BCUT2D eigenvalue weighted by Crippen LogP contribution is 2.22. The van der Waals surface area contributed by atoms with Crippen molar-refractivity contribution in [1.29, 1.82) is 0 Å². The number of hydrogen-bond acceptors (Lipinski definition) is 2. The minimum absolute atomic E-state index is 0.0904. The van der Waals surface area contributed by atoms with Crippen LogP contribution in [0.1, 0.15) is 26.2 Å². The molecule has 1 fully saturated rings. The van der Waals surface area contributed by atoms with E-state index in [0.29, 0.717) is 12.6 Å². The van der Waals surface area contributed by atoms with Gasteiger partial charge in [0.2, 0.25) is 0 Å². The fourth-order valence-corrected chi connectivity index (χ4v) is 2.09. The number of rotatable bonds is 1. The third-order valence-electron chi connectivity index (χ3n) is 2.90. The molecule has 1 aliphatic rings. The zero-order valence-corrected chi connectivity index (χ0v) is 9.36. The Labute approximate surface area is 86.0 Å². The van der Waals surface area contributed by atoms with Gasteiger partial charge in [0.15, 0.2) is 0 Å². The molecular weight excluding hydrogens is 178 g/mol. The fraction of sp³-hybridized carbons (Fsp3) is 0.900. The van der Waals surface area contributed by atoms with E-state index in [2.05, 4.69) is 6.92 Å². The van der Waals surface area contributed by atoms with Crippen molar-refractivity contribution in [3.63, 3.8) is 0 Å². The number of nitrogens with two attached hydrogens (primary N) is 1. The molecule has 0 bridgehead atoms. The van der Waals surface area contributed by atoms with Crippen molar-refractivity contribution >= 4 is 6.03 Å². The second kappa shape index (κ2) is 4.64. The Morgan fingerprint density at radius 3 is 2.64 bits per heavy atom. The van der Waals surface area contributed by atoms with E-state index >= 15 is 0 Å². The molecule has 0 aromatic carbocycles. The first-order valence-electron chi connectivity index (χ1n) is 5.27. The molecule has 2 unspecified atom stereocenters. The van der Waals surface area contributed by atoms with E-state index in [0.717, 1.165) is 12.8 Å². The van der Waals surface area contributed by atoms with Crippen LogP contribution in [0, 0.1) is 0 Å². The van der Waals surface area contributed by atoms with Crippen molar-refractivity contribution in [1.82, 2.24) is 9.80 Å². The molecule has 0 spiro atoms. The Hall–Kier alpha value is -0.770. The van der Waals surface area contributed by atoms with Gasteiger partial charge in [-0.1, -0.05) is 0 Å². The van der Waals surface area contributed by atoms with Crippen LogP contribution in [0.5, 0.6) is 0 Å². The van der Waals surface area contributed by atoms with Crippen LogP contribution in [0.2, 0.25) is 0 Å². The highest BCUT2D eigenvalue weighted by Gasteiger charge is 2.31. The molecule has 1 heterocycles. The van der Waals surface area contributed by atoms with E-state index in [1.54, 1.807) is 19.0 Å². The van der Waals surface area contributed by atoms with Gasteiger partial charge in [-0.25, -0.2) is 4.79 Å². The van der Waals surface area contributed by atoms with E-state index in [4.69, 9.17) is 5.73 Å². The Kier molecular flexibility index (Phi) is 3.75. The molecule has 0 aromatic heterocycles. The molecule has 2 N–H and O–H groups in total. The first-order chi connectivity index (χ1) is 6.57. The van der Waals surface area contributed by atoms with Gasteiger partial charge in [-0.2, -0.15) is 0 Å². The molecule has 14 heavy (non-hydrogen) atoms. The first kappa shape index (κ1) is 11.3. The number of amides is 2. The third-order valence-corrected chi connectivity index (χ3v) is 2.90. The molecular formula is C10H21N3O. The van der Waals surface area contributed by atoms with E-state index < -0.39 is 0 Å². The minimum atomic E-state index is 0.0904. The van der Waals surface area contributed by atoms with Gasteiger partial charge in [0.1, 0.15) is 0 Å². The summed E-state index contributed by atoms with van der Waals surface area (Å²) in [6, 6.07) is 0.647. The predicted molar refractivity (Wildman–Crippen MR) is 57.1 cm³/mol. The van der Waals surface area contributed by atoms with Crippen molar-refractivity contribution in [2.45, 2.75) is 38.3 Å². The summed E-state index contributed by atoms with van der Waals surface area (Å²) in [7, 11) is 3.58. The SMILES string of the molecule is CC1CCCC(CN)N1C(=O)N(C)C. The zero-order chi connectivity index (χ0) is 10.7. The maximum Gasteiger partial charge on any atom is 0.320 e. The lowest BCUT2D eigenvalue weighted by Crippen LogP contribution is -2.54. The van der Waals surface area contributed by atoms with Crippen LogP contribution in [-0.2, 0) is 0 Å². The molecule has 4 heteroatoms. The maximum atomic E-state index is 11.9. The van der Waals surface area contributed by atoms with Crippen LogP contribution in [0.4, 0.5) is 4.79 Å². The summed E-state index contributed by atoms with van der Waals surface area (Å²) in [5.41, 5.74) is 5.68. The Morgan fingerprint density at radius 2 is 2.14 bits per heavy atom. The molecule has 1 saturated heterocycles. The van der Waals surface area contributed by atoms with E-state index in [1.807, 2.05) is 4.90 Å². The summed E-state index contributed by atoms with van der Waals surface area (Å²) in [6.45, 7) is 2.67. The number of carbonyl (C=O) groups is 1. The number of carbonyl (C=O) groups excluding carboxylic acids is 1. The molecule has 1 rings (SSSR count). The molecule has 82 valence electrons. The van der Waals surface area contributed by atoms with Crippen molar-refractivity contribution in [3.8, 4) is 0 Å². The van der Waals surface area contributed by atoms with Gasteiger partial charge in [-0.05, 0) is 26.2 Å². The Bertz CT molecular complexity index is 206. The highest BCUT2D eigenvalue weighted by atomic mass is 16.2. The lowest BCUT2D eigenvalue weighted by atomic mass is 9.97. The standard InChI is InChI=1S/C10H21N3O/c1-8-5-4-6-9(7-11)13(8)10(14)12(2)3/h8-9H,4-7,11H2,1-3H3. The predicted octanol–water partition coefficient (Wildman–Crippen LogP) is 0.870. The van der Waals surface area contributed by atoms with Gasteiger partial charge >= 0.3 is 6.03 Å². The molecule has 1 aliphatic heterocycles. The lowest BCUT2D eigenvalue weighted by molar-refractivity contribution is 0.0995. The van der Waals surface area contributed by atoms with Crippen molar-refractivity contribution in [2.24, 2.45) is 5.73 Å². The third kappa shape index (κ3) is 2.18. The number of urea groups is 1. The smallest absolute Gasteiger partial charge is 0.320 e. The average Bonchev–Trinajstić information content (AvgIpc) is 2.16. The summed E-state index contributed by atoms with van der Waals surface area (Å²) < 4.78 is 0. The topological polar surface area (TPSA) is 49.6 Å². The lowest BCUT2D eigenvalue weighted by Gasteiger charge is -2.41. The van der Waals surface area contributed by atoms with Crippen molar-refractivity contribution < 1.29 is 4.79 Å². The van der Waals surface area contributed by atoms with E-state index in [-0.39, 0.29) is 12.1 Å². The largest absolute Gasteiger partial charge is 0.331 e. The normalized spacial score (nSPS) is 27.6. The summed E-state index contributed by atoms with van der Waals surface area (Å²) in [6.07, 6.45) is 3.32. The minimum Gasteiger partial charge on any atom is -0.331 e. The van der Waals surface area contributed by atoms with Gasteiger partial charge in [0.25, 0.3) is 0 Å². The van der Waals surface area contributed by atoms with Crippen LogP contribution < -0.4 is 5.73 Å². The molecule has 0 aliphatic carbocycles. The quantitative estimate of drug-likeness (QED) is 0.681. The molecule has 4 nitrogen and oxygen atoms in total. The van der Waals surface area contributed by atoms with Crippen LogP contribution in [0.25, 0.3) is 0 Å². The summed E-state index contributed by atoms with van der Waals surface area (Å²) >= 11 is 0. The molecule has 0 aromatic rings. The molecule has 0 saturated carbocycles. The summed E-state index contributed by atoms with van der Waals surface area (Å²) in [5.74, 6) is 0. The first-order valence-corrected chi connectivity index (χ1v) is 5.27. The second-order valence-corrected chi connectivity index (χ2v) is 4.25. The van der Waals surface area contributed by atoms with Crippen LogP contribution in [0.15, 0.2) is 0 Å². The van der Waals surface area contributed by atoms with E-state index in [1.165, 1.54) is 6.42 Å². The van der Waals surface area contributed by atoms with Gasteiger partial charge in [0.05, 0.1) is 0 Å². The Balaban J connectivity index is 2.73. The van der Waals surface area contributed by atoms with Gasteiger partial charge < -0.3 is 15.5 Å². The van der Waals surface area contributed by atoms with Gasteiger partial charge in [-0.15, -0.1) is 0 Å². The fourth-order valence-electron chi connectivity index (χ4n) is 2.09. The van der Waals surface area contributed by atoms with Crippen LogP contribution >= 0.6 is 0 Å².